The molecule has 0 fully saturated rings. The predicted octanol–water partition coefficient (Wildman–Crippen LogP) is 2.62. The third kappa shape index (κ3) is 2.78. The highest BCUT2D eigenvalue weighted by Gasteiger charge is 1.99. The number of hydrogen-bond donors (Lipinski definition) is 1. The van der Waals surface area contributed by atoms with E-state index in [9.17, 15) is 4.79 Å². The maximum atomic E-state index is 10.4. The smallest absolute Gasteiger partial charge is 0.307 e. The van der Waals surface area contributed by atoms with Crippen molar-refractivity contribution in [1.82, 2.24) is 5.73 Å². The number of carbonyl (C=O) groups excluding carboxylic acids is 1. The summed E-state index contributed by atoms with van der Waals surface area (Å²) in [5.74, 6) is 0.487. The van der Waals surface area contributed by atoms with E-state index in [1.807, 2.05) is 24.3 Å². The second-order valence-electron chi connectivity index (χ2n) is 3.23. The summed E-state index contributed by atoms with van der Waals surface area (Å²) in [5, 5.41) is 2.40. The first-order valence-electron chi connectivity index (χ1n) is 4.22. The third-order valence-electron chi connectivity index (χ3n) is 1.84. The number of nitrogens with one attached hydrogen (secondary N) is 2. The molecule has 69 valence electrons. The van der Waals surface area contributed by atoms with E-state index >= 15 is 0 Å². The molecule has 0 atom stereocenters. The Kier molecular flexibility index (Phi) is 2.90. The molecular formula is C10H13N2O. The number of rotatable bonds is 2. The number of carbonyl (C=O) groups is 1. The number of anilines is 1. The average molecular weight is 177 g/mol. The monoisotopic (exact) mass is 177 g/mol. The van der Waals surface area contributed by atoms with E-state index in [-0.39, 0.29) is 0 Å². The molecule has 1 aromatic carbocycles. The largest absolute Gasteiger partial charge is 0.337 e. The topological polar surface area (TPSA) is 52.9 Å². The average Bonchev–Trinajstić information content (AvgIpc) is 2.04. The van der Waals surface area contributed by atoms with Gasteiger partial charge in [-0.1, -0.05) is 26.0 Å². The van der Waals surface area contributed by atoms with Crippen LogP contribution >= 0.6 is 0 Å². The first-order valence-corrected chi connectivity index (χ1v) is 4.22. The van der Waals surface area contributed by atoms with Crippen LogP contribution in [0.5, 0.6) is 0 Å². The Balaban J connectivity index is 2.75. The lowest BCUT2D eigenvalue weighted by Gasteiger charge is -2.06. The van der Waals surface area contributed by atoms with Crippen LogP contribution in [0.3, 0.4) is 0 Å². The minimum absolute atomic E-state index is 0.487. The van der Waals surface area contributed by atoms with Gasteiger partial charge in [0, 0.05) is 5.69 Å². The molecule has 13 heavy (non-hydrogen) atoms. The second-order valence-corrected chi connectivity index (χ2v) is 3.23. The maximum absolute atomic E-state index is 10.4. The van der Waals surface area contributed by atoms with E-state index in [1.54, 1.807) is 0 Å². The summed E-state index contributed by atoms with van der Waals surface area (Å²) in [4.78, 5) is 10.4. The zero-order chi connectivity index (χ0) is 9.84. The van der Waals surface area contributed by atoms with Gasteiger partial charge in [-0.3, -0.25) is 0 Å². The van der Waals surface area contributed by atoms with Crippen LogP contribution in [0.2, 0.25) is 0 Å². The number of benzene rings is 1. The Bertz CT molecular complexity index is 290. The first kappa shape index (κ1) is 9.58. The Labute approximate surface area is 77.9 Å². The lowest BCUT2D eigenvalue weighted by atomic mass is 10.0. The van der Waals surface area contributed by atoms with Crippen LogP contribution < -0.4 is 11.1 Å². The van der Waals surface area contributed by atoms with Gasteiger partial charge in [-0.2, -0.15) is 0 Å². The summed E-state index contributed by atoms with van der Waals surface area (Å²) in [7, 11) is 0. The van der Waals surface area contributed by atoms with E-state index in [0.717, 1.165) is 0 Å². The summed E-state index contributed by atoms with van der Waals surface area (Å²) in [6.45, 7) is 4.22. The molecule has 0 saturated heterocycles. The Morgan fingerprint density at radius 3 is 2.23 bits per heavy atom. The molecule has 0 saturated carbocycles. The molecule has 0 aliphatic rings. The number of amides is 2. The second kappa shape index (κ2) is 3.94. The van der Waals surface area contributed by atoms with Crippen molar-refractivity contribution in [3.05, 3.63) is 29.8 Å². The van der Waals surface area contributed by atoms with Crippen molar-refractivity contribution in [2.45, 2.75) is 19.8 Å². The molecule has 0 heterocycles. The molecule has 2 amide bonds. The van der Waals surface area contributed by atoms with Crippen molar-refractivity contribution in [1.29, 1.82) is 0 Å². The molecule has 0 aromatic heterocycles. The predicted molar refractivity (Wildman–Crippen MR) is 52.6 cm³/mol. The van der Waals surface area contributed by atoms with Crippen LogP contribution in [-0.2, 0) is 0 Å². The van der Waals surface area contributed by atoms with E-state index < -0.39 is 6.03 Å². The van der Waals surface area contributed by atoms with Gasteiger partial charge < -0.3 is 5.32 Å². The lowest BCUT2D eigenvalue weighted by molar-refractivity contribution is 0.258. The Morgan fingerprint density at radius 1 is 1.31 bits per heavy atom. The van der Waals surface area contributed by atoms with Gasteiger partial charge in [-0.25, -0.2) is 10.5 Å². The van der Waals surface area contributed by atoms with Gasteiger partial charge in [0.05, 0.1) is 0 Å². The number of hydrogen-bond acceptors (Lipinski definition) is 1. The van der Waals surface area contributed by atoms with Crippen LogP contribution in [0.15, 0.2) is 24.3 Å². The van der Waals surface area contributed by atoms with Gasteiger partial charge in [-0.15, -0.1) is 0 Å². The first-order chi connectivity index (χ1) is 6.09. The molecule has 0 aliphatic carbocycles. The van der Waals surface area contributed by atoms with E-state index in [1.165, 1.54) is 5.56 Å². The zero-order valence-corrected chi connectivity index (χ0v) is 7.79. The van der Waals surface area contributed by atoms with Gasteiger partial charge in [0.1, 0.15) is 0 Å². The summed E-state index contributed by atoms with van der Waals surface area (Å²) in [5.41, 5.74) is 8.60. The van der Waals surface area contributed by atoms with Gasteiger partial charge in [0.25, 0.3) is 0 Å². The quantitative estimate of drug-likeness (QED) is 0.741. The number of urea groups is 1. The summed E-state index contributed by atoms with van der Waals surface area (Å²) in [6, 6.07) is 6.74. The van der Waals surface area contributed by atoms with Crippen LogP contribution in [0.1, 0.15) is 25.3 Å². The Morgan fingerprint density at radius 2 is 1.85 bits per heavy atom. The summed E-state index contributed by atoms with van der Waals surface area (Å²) in [6.07, 6.45) is 0. The SMILES string of the molecule is CC(C)c1ccc(NC([NH])=O)cc1. The van der Waals surface area contributed by atoms with Crippen molar-refractivity contribution in [3.63, 3.8) is 0 Å². The lowest BCUT2D eigenvalue weighted by Crippen LogP contribution is -2.09. The highest BCUT2D eigenvalue weighted by molar-refractivity contribution is 5.87. The highest BCUT2D eigenvalue weighted by atomic mass is 16.2. The molecule has 1 radical (unpaired) electrons. The molecule has 0 aliphatic heterocycles. The molecular weight excluding hydrogens is 164 g/mol. The van der Waals surface area contributed by atoms with Crippen LogP contribution in [-0.4, -0.2) is 6.03 Å². The summed E-state index contributed by atoms with van der Waals surface area (Å²) >= 11 is 0. The minimum Gasteiger partial charge on any atom is -0.307 e. The third-order valence-corrected chi connectivity index (χ3v) is 1.84. The molecule has 3 heteroatoms. The Hall–Kier alpha value is -1.51. The van der Waals surface area contributed by atoms with Crippen molar-refractivity contribution < 1.29 is 4.79 Å². The van der Waals surface area contributed by atoms with Crippen molar-refractivity contribution in [2.24, 2.45) is 0 Å². The highest BCUT2D eigenvalue weighted by Crippen LogP contribution is 2.16. The molecule has 0 spiro atoms. The minimum atomic E-state index is -0.780. The van der Waals surface area contributed by atoms with E-state index in [0.29, 0.717) is 11.6 Å². The molecule has 1 rings (SSSR count). The molecule has 0 unspecified atom stereocenters. The van der Waals surface area contributed by atoms with Gasteiger partial charge >= 0.3 is 6.03 Å². The van der Waals surface area contributed by atoms with Crippen LogP contribution in [0, 0.1) is 0 Å². The van der Waals surface area contributed by atoms with Crippen molar-refractivity contribution in [3.8, 4) is 0 Å². The molecule has 2 N–H and O–H groups in total. The van der Waals surface area contributed by atoms with Crippen LogP contribution in [0.25, 0.3) is 0 Å². The summed E-state index contributed by atoms with van der Waals surface area (Å²) < 4.78 is 0. The zero-order valence-electron chi connectivity index (χ0n) is 7.79. The van der Waals surface area contributed by atoms with Crippen molar-refractivity contribution in [2.75, 3.05) is 5.32 Å². The normalized spacial score (nSPS) is 10.1. The molecule has 0 bridgehead atoms. The fourth-order valence-electron chi connectivity index (χ4n) is 1.08. The van der Waals surface area contributed by atoms with E-state index in [4.69, 9.17) is 5.73 Å². The van der Waals surface area contributed by atoms with Crippen molar-refractivity contribution >= 4 is 11.7 Å². The fourth-order valence-corrected chi connectivity index (χ4v) is 1.08. The van der Waals surface area contributed by atoms with Gasteiger partial charge in [0.2, 0.25) is 0 Å². The van der Waals surface area contributed by atoms with Gasteiger partial charge in [-0.05, 0) is 23.6 Å². The molecule has 1 aromatic rings. The maximum Gasteiger partial charge on any atom is 0.337 e. The molecule has 3 nitrogen and oxygen atoms in total. The standard InChI is InChI=1S/C10H13N2O/c1-7(2)8-3-5-9(6-4-8)12-10(11)13/h3-7,11H,1-2H3,(H,12,13). The fraction of sp³-hybridized carbons (Fsp3) is 0.300. The van der Waals surface area contributed by atoms with Crippen LogP contribution in [0.4, 0.5) is 10.5 Å². The van der Waals surface area contributed by atoms with E-state index in [2.05, 4.69) is 19.2 Å². The van der Waals surface area contributed by atoms with Gasteiger partial charge in [0.15, 0.2) is 0 Å².